The zero-order valence-corrected chi connectivity index (χ0v) is 16.5. The normalized spacial score (nSPS) is 13.6. The molecule has 1 aliphatic rings. The maximum atomic E-state index is 12.5. The summed E-state index contributed by atoms with van der Waals surface area (Å²) in [6.07, 6.45) is 0.103. The number of nitrogens with zero attached hydrogens (tertiary/aromatic N) is 4. The van der Waals surface area contributed by atoms with E-state index in [1.165, 1.54) is 11.3 Å². The Morgan fingerprint density at radius 2 is 2.25 bits per heavy atom. The number of urea groups is 1. The van der Waals surface area contributed by atoms with Crippen molar-refractivity contribution in [2.24, 2.45) is 0 Å². The average Bonchev–Trinajstić information content (AvgIpc) is 3.35. The maximum absolute atomic E-state index is 12.5. The van der Waals surface area contributed by atoms with Crippen molar-refractivity contribution in [3.05, 3.63) is 52.1 Å². The molecule has 1 aliphatic heterocycles. The maximum Gasteiger partial charge on any atom is 0.323 e. The fraction of sp³-hybridized carbons (Fsp3) is 0.222. The molecule has 0 spiro atoms. The fourth-order valence-corrected chi connectivity index (χ4v) is 3.93. The highest BCUT2D eigenvalue weighted by Crippen LogP contribution is 2.23. The van der Waals surface area contributed by atoms with Gasteiger partial charge in [0.05, 0.1) is 23.5 Å². The smallest absolute Gasteiger partial charge is 0.323 e. The first kappa shape index (κ1) is 18.5. The molecule has 4 rings (SSSR count). The summed E-state index contributed by atoms with van der Waals surface area (Å²) < 4.78 is 1.64. The van der Waals surface area contributed by atoms with Crippen LogP contribution in [0.25, 0.3) is 5.69 Å². The molecule has 0 atom stereocenters. The second-order valence-corrected chi connectivity index (χ2v) is 7.57. The molecule has 3 amide bonds. The van der Waals surface area contributed by atoms with E-state index in [4.69, 9.17) is 11.6 Å². The zero-order valence-electron chi connectivity index (χ0n) is 15.0. The van der Waals surface area contributed by atoms with Gasteiger partial charge in [0.1, 0.15) is 5.82 Å². The Labute approximate surface area is 170 Å². The summed E-state index contributed by atoms with van der Waals surface area (Å²) in [5, 5.41) is 13.0. The van der Waals surface area contributed by atoms with Crippen molar-refractivity contribution in [2.45, 2.75) is 13.3 Å². The molecule has 1 aromatic carbocycles. The van der Waals surface area contributed by atoms with E-state index >= 15 is 0 Å². The van der Waals surface area contributed by atoms with Crippen LogP contribution in [0.2, 0.25) is 5.02 Å². The predicted molar refractivity (Wildman–Crippen MR) is 109 cm³/mol. The Balaban J connectivity index is 1.48. The largest absolute Gasteiger partial charge is 0.336 e. The number of nitrogens with one attached hydrogen (secondary N) is 2. The van der Waals surface area contributed by atoms with E-state index in [-0.39, 0.29) is 18.4 Å². The SMILES string of the molecule is Cc1cc(NC(=O)Cc2csc(N3CCNC3=O)n2)n(-c2cccc(Cl)c2)n1. The summed E-state index contributed by atoms with van der Waals surface area (Å²) in [4.78, 5) is 30.2. The standard InChI is InChI=1S/C18H17ClN6O2S/c1-11-7-15(25(23-11)14-4-2-3-12(19)8-14)22-16(26)9-13-10-28-18(21-13)24-6-5-20-17(24)27/h2-4,7-8,10H,5-6,9H2,1H3,(H,20,27)(H,22,26). The topological polar surface area (TPSA) is 92.2 Å². The van der Waals surface area contributed by atoms with Crippen LogP contribution in [0.4, 0.5) is 15.7 Å². The lowest BCUT2D eigenvalue weighted by molar-refractivity contribution is -0.115. The minimum absolute atomic E-state index is 0.103. The van der Waals surface area contributed by atoms with Gasteiger partial charge < -0.3 is 10.6 Å². The van der Waals surface area contributed by atoms with Crippen molar-refractivity contribution < 1.29 is 9.59 Å². The Morgan fingerprint density at radius 3 is 3.00 bits per heavy atom. The number of anilines is 2. The highest BCUT2D eigenvalue weighted by molar-refractivity contribution is 7.14. The van der Waals surface area contributed by atoms with Crippen molar-refractivity contribution in [3.63, 3.8) is 0 Å². The quantitative estimate of drug-likeness (QED) is 0.668. The van der Waals surface area contributed by atoms with E-state index in [9.17, 15) is 9.59 Å². The molecule has 144 valence electrons. The van der Waals surface area contributed by atoms with Gasteiger partial charge in [-0.25, -0.2) is 14.5 Å². The number of benzene rings is 1. The van der Waals surface area contributed by atoms with Crippen molar-refractivity contribution in [2.75, 3.05) is 23.3 Å². The number of amides is 3. The molecule has 8 nitrogen and oxygen atoms in total. The van der Waals surface area contributed by atoms with E-state index < -0.39 is 0 Å². The lowest BCUT2D eigenvalue weighted by atomic mass is 10.3. The number of halogens is 1. The number of hydrogen-bond acceptors (Lipinski definition) is 5. The second-order valence-electron chi connectivity index (χ2n) is 6.29. The molecule has 0 aliphatic carbocycles. The van der Waals surface area contributed by atoms with E-state index in [0.29, 0.717) is 34.8 Å². The summed E-state index contributed by atoms with van der Waals surface area (Å²) in [5.74, 6) is 0.338. The summed E-state index contributed by atoms with van der Waals surface area (Å²) >= 11 is 7.41. The van der Waals surface area contributed by atoms with Gasteiger partial charge in [-0.3, -0.25) is 9.69 Å². The number of aromatic nitrogens is 3. The van der Waals surface area contributed by atoms with Crippen LogP contribution >= 0.6 is 22.9 Å². The molecule has 2 N–H and O–H groups in total. The molecule has 0 saturated carbocycles. The molecule has 3 aromatic rings. The first-order chi connectivity index (χ1) is 13.5. The number of carbonyl (C=O) groups excluding carboxylic acids is 2. The van der Waals surface area contributed by atoms with Crippen LogP contribution in [-0.2, 0) is 11.2 Å². The van der Waals surface area contributed by atoms with Crippen molar-refractivity contribution in [1.82, 2.24) is 20.1 Å². The van der Waals surface area contributed by atoms with Gasteiger partial charge in [0.25, 0.3) is 0 Å². The van der Waals surface area contributed by atoms with Crippen molar-refractivity contribution >= 4 is 45.8 Å². The minimum Gasteiger partial charge on any atom is -0.336 e. The molecular weight excluding hydrogens is 400 g/mol. The van der Waals surface area contributed by atoms with Gasteiger partial charge in [0.15, 0.2) is 5.13 Å². The number of carbonyl (C=O) groups is 2. The van der Waals surface area contributed by atoms with E-state index in [2.05, 4.69) is 20.7 Å². The van der Waals surface area contributed by atoms with E-state index in [1.807, 2.05) is 19.1 Å². The lowest BCUT2D eigenvalue weighted by Crippen LogP contribution is -2.27. The van der Waals surface area contributed by atoms with E-state index in [1.54, 1.807) is 33.2 Å². The molecule has 10 heteroatoms. The highest BCUT2D eigenvalue weighted by Gasteiger charge is 2.24. The van der Waals surface area contributed by atoms with Crippen LogP contribution < -0.4 is 15.5 Å². The summed E-state index contributed by atoms with van der Waals surface area (Å²) in [7, 11) is 0. The third-order valence-electron chi connectivity index (χ3n) is 4.12. The number of aryl methyl sites for hydroxylation is 1. The van der Waals surface area contributed by atoms with Gasteiger partial charge >= 0.3 is 6.03 Å². The summed E-state index contributed by atoms with van der Waals surface area (Å²) in [5.41, 5.74) is 2.14. The van der Waals surface area contributed by atoms with E-state index in [0.717, 1.165) is 11.4 Å². The van der Waals surface area contributed by atoms with Gasteiger partial charge in [-0.15, -0.1) is 11.3 Å². The Bertz CT molecular complexity index is 1050. The van der Waals surface area contributed by atoms with Crippen LogP contribution in [0.5, 0.6) is 0 Å². The predicted octanol–water partition coefficient (Wildman–Crippen LogP) is 3.00. The monoisotopic (exact) mass is 416 g/mol. The average molecular weight is 417 g/mol. The number of hydrogen-bond donors (Lipinski definition) is 2. The molecule has 1 saturated heterocycles. The Hall–Kier alpha value is -2.91. The highest BCUT2D eigenvalue weighted by atomic mass is 35.5. The first-order valence-electron chi connectivity index (χ1n) is 8.62. The molecular formula is C18H17ClN6O2S. The van der Waals surface area contributed by atoms with Crippen LogP contribution in [0.15, 0.2) is 35.7 Å². The zero-order chi connectivity index (χ0) is 19.7. The second kappa shape index (κ2) is 7.61. The molecule has 0 radical (unpaired) electrons. The molecule has 1 fully saturated rings. The number of rotatable bonds is 5. The minimum atomic E-state index is -0.217. The van der Waals surface area contributed by atoms with Gasteiger partial charge in [0.2, 0.25) is 5.91 Å². The molecule has 2 aromatic heterocycles. The van der Waals surface area contributed by atoms with Gasteiger partial charge in [-0.05, 0) is 25.1 Å². The van der Waals surface area contributed by atoms with Crippen LogP contribution in [-0.4, -0.2) is 39.8 Å². The Kier molecular flexibility index (Phi) is 5.01. The van der Waals surface area contributed by atoms with Crippen molar-refractivity contribution in [3.8, 4) is 5.69 Å². The van der Waals surface area contributed by atoms with Gasteiger partial charge in [0, 0.05) is 29.6 Å². The third kappa shape index (κ3) is 3.85. The van der Waals surface area contributed by atoms with Crippen LogP contribution in [0, 0.1) is 6.92 Å². The molecule has 3 heterocycles. The summed E-state index contributed by atoms with van der Waals surface area (Å²) in [6, 6.07) is 8.87. The van der Waals surface area contributed by atoms with Crippen LogP contribution in [0.3, 0.4) is 0 Å². The fourth-order valence-electron chi connectivity index (χ4n) is 2.90. The molecule has 28 heavy (non-hydrogen) atoms. The lowest BCUT2D eigenvalue weighted by Gasteiger charge is -2.09. The number of thiazole rings is 1. The van der Waals surface area contributed by atoms with Gasteiger partial charge in [-0.1, -0.05) is 17.7 Å². The van der Waals surface area contributed by atoms with Crippen LogP contribution in [0.1, 0.15) is 11.4 Å². The molecule has 0 unspecified atom stereocenters. The Morgan fingerprint density at radius 1 is 1.39 bits per heavy atom. The first-order valence-corrected chi connectivity index (χ1v) is 9.87. The molecule has 0 bridgehead atoms. The summed E-state index contributed by atoms with van der Waals surface area (Å²) in [6.45, 7) is 3.03. The van der Waals surface area contributed by atoms with Gasteiger partial charge in [-0.2, -0.15) is 5.10 Å². The third-order valence-corrected chi connectivity index (χ3v) is 5.27. The van der Waals surface area contributed by atoms with Crippen molar-refractivity contribution in [1.29, 1.82) is 0 Å².